The molecule has 0 heterocycles. The molecular formula is C7H14N2. The highest BCUT2D eigenvalue weighted by molar-refractivity contribution is 5.09. The van der Waals surface area contributed by atoms with Crippen LogP contribution in [0, 0.1) is 0 Å². The number of rotatable bonds is 1. The van der Waals surface area contributed by atoms with Crippen LogP contribution in [-0.2, 0) is 0 Å². The Labute approximate surface area is 55.9 Å². The highest BCUT2D eigenvalue weighted by atomic mass is 14.6. The first-order chi connectivity index (χ1) is 4.33. The van der Waals surface area contributed by atoms with Crippen molar-refractivity contribution in [1.29, 1.82) is 0 Å². The molecule has 0 aliphatic heterocycles. The number of hydrogen-bond acceptors (Lipinski definition) is 2. The zero-order chi connectivity index (χ0) is 6.69. The summed E-state index contributed by atoms with van der Waals surface area (Å²) in [6.45, 7) is 0.669. The summed E-state index contributed by atoms with van der Waals surface area (Å²) in [7, 11) is 0. The van der Waals surface area contributed by atoms with Crippen molar-refractivity contribution in [3.8, 4) is 0 Å². The van der Waals surface area contributed by atoms with E-state index in [0.717, 1.165) is 12.8 Å². The molecular weight excluding hydrogens is 112 g/mol. The van der Waals surface area contributed by atoms with Crippen LogP contribution in [0.5, 0.6) is 0 Å². The quantitative estimate of drug-likeness (QED) is 0.499. The first-order valence-corrected chi connectivity index (χ1v) is 3.46. The van der Waals surface area contributed by atoms with Gasteiger partial charge in [-0.05, 0) is 19.3 Å². The Morgan fingerprint density at radius 3 is 2.89 bits per heavy atom. The summed E-state index contributed by atoms with van der Waals surface area (Å²) in [6.07, 6.45) is 5.47. The maximum absolute atomic E-state index is 5.67. The molecule has 1 aliphatic rings. The smallest absolute Gasteiger partial charge is 0.0109 e. The standard InChI is InChI=1S/C7H14N2/c8-4-3-6-1-2-7(9)5-6/h3,7H,1-2,4-5,8-9H2/b6-3+. The fraction of sp³-hybridized carbons (Fsp3) is 0.714. The minimum Gasteiger partial charge on any atom is -0.327 e. The number of nitrogens with two attached hydrogens (primary N) is 2. The third-order valence-electron chi connectivity index (χ3n) is 1.77. The molecule has 0 saturated heterocycles. The molecule has 1 fully saturated rings. The molecule has 0 radical (unpaired) electrons. The number of hydrogen-bond donors (Lipinski definition) is 2. The van der Waals surface area contributed by atoms with Gasteiger partial charge in [-0.3, -0.25) is 0 Å². The van der Waals surface area contributed by atoms with Crippen molar-refractivity contribution in [2.24, 2.45) is 11.5 Å². The van der Waals surface area contributed by atoms with E-state index in [9.17, 15) is 0 Å². The molecule has 1 rings (SSSR count). The maximum Gasteiger partial charge on any atom is 0.0109 e. The molecule has 0 spiro atoms. The molecule has 1 unspecified atom stereocenters. The zero-order valence-corrected chi connectivity index (χ0v) is 5.64. The fourth-order valence-corrected chi connectivity index (χ4v) is 1.26. The predicted octanol–water partition coefficient (Wildman–Crippen LogP) is 0.383. The summed E-state index contributed by atoms with van der Waals surface area (Å²) >= 11 is 0. The van der Waals surface area contributed by atoms with Gasteiger partial charge in [-0.25, -0.2) is 0 Å². The van der Waals surface area contributed by atoms with Gasteiger partial charge in [0.15, 0.2) is 0 Å². The van der Waals surface area contributed by atoms with Crippen molar-refractivity contribution in [2.75, 3.05) is 6.54 Å². The zero-order valence-electron chi connectivity index (χ0n) is 5.64. The van der Waals surface area contributed by atoms with E-state index in [1.54, 1.807) is 0 Å². The lowest BCUT2D eigenvalue weighted by molar-refractivity contribution is 0.711. The van der Waals surface area contributed by atoms with Gasteiger partial charge in [-0.1, -0.05) is 11.6 Å². The lowest BCUT2D eigenvalue weighted by Crippen LogP contribution is -2.13. The average Bonchev–Trinajstić information content (AvgIpc) is 2.17. The summed E-state index contributed by atoms with van der Waals surface area (Å²) < 4.78 is 0. The van der Waals surface area contributed by atoms with Crippen molar-refractivity contribution in [3.63, 3.8) is 0 Å². The van der Waals surface area contributed by atoms with Gasteiger partial charge in [0, 0.05) is 12.6 Å². The first-order valence-electron chi connectivity index (χ1n) is 3.46. The van der Waals surface area contributed by atoms with Gasteiger partial charge >= 0.3 is 0 Å². The molecule has 0 aromatic heterocycles. The summed E-state index contributed by atoms with van der Waals surface area (Å²) in [4.78, 5) is 0. The molecule has 0 aromatic carbocycles. The highest BCUT2D eigenvalue weighted by Gasteiger charge is 2.13. The second-order valence-electron chi connectivity index (χ2n) is 2.60. The van der Waals surface area contributed by atoms with E-state index in [4.69, 9.17) is 11.5 Å². The second kappa shape index (κ2) is 2.99. The van der Waals surface area contributed by atoms with Crippen molar-refractivity contribution >= 4 is 0 Å². The van der Waals surface area contributed by atoms with Crippen LogP contribution in [0.25, 0.3) is 0 Å². The summed E-state index contributed by atoms with van der Waals surface area (Å²) in [5.74, 6) is 0. The molecule has 4 N–H and O–H groups in total. The fourth-order valence-electron chi connectivity index (χ4n) is 1.26. The Balaban J connectivity index is 2.38. The second-order valence-corrected chi connectivity index (χ2v) is 2.60. The van der Waals surface area contributed by atoms with Crippen LogP contribution in [0.4, 0.5) is 0 Å². The van der Waals surface area contributed by atoms with E-state index < -0.39 is 0 Å². The van der Waals surface area contributed by atoms with E-state index >= 15 is 0 Å². The van der Waals surface area contributed by atoms with Gasteiger partial charge in [0.1, 0.15) is 0 Å². The molecule has 52 valence electrons. The van der Waals surface area contributed by atoms with Crippen molar-refractivity contribution < 1.29 is 0 Å². The van der Waals surface area contributed by atoms with Crippen LogP contribution in [-0.4, -0.2) is 12.6 Å². The SMILES string of the molecule is NC/C=C1\CCC(N)C1. The molecule has 1 atom stereocenters. The topological polar surface area (TPSA) is 52.0 Å². The minimum absolute atomic E-state index is 0.405. The molecule has 1 saturated carbocycles. The molecule has 9 heavy (non-hydrogen) atoms. The average molecular weight is 126 g/mol. The largest absolute Gasteiger partial charge is 0.327 e. The minimum atomic E-state index is 0.405. The van der Waals surface area contributed by atoms with Crippen molar-refractivity contribution in [3.05, 3.63) is 11.6 Å². The van der Waals surface area contributed by atoms with E-state index in [-0.39, 0.29) is 0 Å². The molecule has 0 aromatic rings. The van der Waals surface area contributed by atoms with Gasteiger partial charge < -0.3 is 11.5 Å². The summed E-state index contributed by atoms with van der Waals surface area (Å²) in [6, 6.07) is 0.405. The Bertz CT molecular complexity index is 118. The third kappa shape index (κ3) is 1.80. The Morgan fingerprint density at radius 2 is 2.44 bits per heavy atom. The monoisotopic (exact) mass is 126 g/mol. The predicted molar refractivity (Wildman–Crippen MR) is 39.0 cm³/mol. The van der Waals surface area contributed by atoms with Crippen LogP contribution in [0.15, 0.2) is 11.6 Å². The molecule has 1 aliphatic carbocycles. The molecule has 2 nitrogen and oxygen atoms in total. The lowest BCUT2D eigenvalue weighted by Gasteiger charge is -1.95. The van der Waals surface area contributed by atoms with Crippen LogP contribution < -0.4 is 11.5 Å². The van der Waals surface area contributed by atoms with Crippen LogP contribution in [0.2, 0.25) is 0 Å². The van der Waals surface area contributed by atoms with Crippen molar-refractivity contribution in [2.45, 2.75) is 25.3 Å². The Morgan fingerprint density at radius 1 is 1.67 bits per heavy atom. The van der Waals surface area contributed by atoms with Crippen molar-refractivity contribution in [1.82, 2.24) is 0 Å². The first kappa shape index (κ1) is 6.78. The normalized spacial score (nSPS) is 31.8. The highest BCUT2D eigenvalue weighted by Crippen LogP contribution is 2.22. The van der Waals surface area contributed by atoms with Gasteiger partial charge in [0.2, 0.25) is 0 Å². The molecule has 0 bridgehead atoms. The van der Waals surface area contributed by atoms with Gasteiger partial charge in [-0.2, -0.15) is 0 Å². The van der Waals surface area contributed by atoms with Gasteiger partial charge in [0.05, 0.1) is 0 Å². The summed E-state index contributed by atoms with van der Waals surface area (Å²) in [5.41, 5.74) is 12.5. The van der Waals surface area contributed by atoms with E-state index in [0.29, 0.717) is 12.6 Å². The molecule has 2 heteroatoms. The van der Waals surface area contributed by atoms with Crippen LogP contribution in [0.1, 0.15) is 19.3 Å². The van der Waals surface area contributed by atoms with E-state index in [2.05, 4.69) is 6.08 Å². The maximum atomic E-state index is 5.67. The van der Waals surface area contributed by atoms with Gasteiger partial charge in [0.25, 0.3) is 0 Å². The lowest BCUT2D eigenvalue weighted by atomic mass is 10.2. The van der Waals surface area contributed by atoms with Crippen LogP contribution >= 0.6 is 0 Å². The Hall–Kier alpha value is -0.340. The molecule has 0 amide bonds. The Kier molecular flexibility index (Phi) is 2.25. The van der Waals surface area contributed by atoms with E-state index in [1.807, 2.05) is 0 Å². The third-order valence-corrected chi connectivity index (χ3v) is 1.77. The van der Waals surface area contributed by atoms with Gasteiger partial charge in [-0.15, -0.1) is 0 Å². The summed E-state index contributed by atoms with van der Waals surface area (Å²) in [5, 5.41) is 0. The van der Waals surface area contributed by atoms with E-state index in [1.165, 1.54) is 12.0 Å². The van der Waals surface area contributed by atoms with Crippen LogP contribution in [0.3, 0.4) is 0 Å².